The molecule has 3 N–H and O–H groups in total. The number of aromatic hydroxyl groups is 1. The maximum atomic E-state index is 9.31. The van der Waals surface area contributed by atoms with Gasteiger partial charge in [0, 0.05) is 5.54 Å². The minimum absolute atomic E-state index is 0.00252. The Kier molecular flexibility index (Phi) is 2.23. The van der Waals surface area contributed by atoms with E-state index in [0.29, 0.717) is 11.7 Å². The number of phenols is 1. The van der Waals surface area contributed by atoms with E-state index in [9.17, 15) is 5.11 Å². The molecule has 1 aromatic carbocycles. The van der Waals surface area contributed by atoms with Crippen LogP contribution in [0.4, 0.5) is 0 Å². The van der Waals surface area contributed by atoms with Crippen molar-refractivity contribution in [2.75, 3.05) is 0 Å². The Morgan fingerprint density at radius 2 is 2.36 bits per heavy atom. The van der Waals surface area contributed by atoms with Crippen molar-refractivity contribution in [2.45, 2.75) is 31.7 Å². The molecule has 0 radical (unpaired) electrons. The van der Waals surface area contributed by atoms with Crippen LogP contribution in [0.25, 0.3) is 0 Å². The van der Waals surface area contributed by atoms with Crippen molar-refractivity contribution in [3.8, 4) is 5.75 Å². The number of benzene rings is 1. The average molecular weight is 191 g/mol. The van der Waals surface area contributed by atoms with E-state index >= 15 is 0 Å². The SMILES string of the molecule is CCC1CC1(N)Cc1cccc(O)c1. The van der Waals surface area contributed by atoms with Crippen LogP contribution in [-0.4, -0.2) is 10.6 Å². The van der Waals surface area contributed by atoms with Crippen LogP contribution in [0.3, 0.4) is 0 Å². The van der Waals surface area contributed by atoms with Crippen molar-refractivity contribution < 1.29 is 5.11 Å². The van der Waals surface area contributed by atoms with Crippen molar-refractivity contribution in [1.82, 2.24) is 0 Å². The van der Waals surface area contributed by atoms with Crippen LogP contribution < -0.4 is 5.73 Å². The monoisotopic (exact) mass is 191 g/mol. The molecule has 2 heteroatoms. The van der Waals surface area contributed by atoms with Crippen LogP contribution in [0, 0.1) is 5.92 Å². The van der Waals surface area contributed by atoms with Gasteiger partial charge in [-0.3, -0.25) is 0 Å². The largest absolute Gasteiger partial charge is 0.508 e. The first kappa shape index (κ1) is 9.53. The van der Waals surface area contributed by atoms with Gasteiger partial charge in [0.05, 0.1) is 0 Å². The van der Waals surface area contributed by atoms with Crippen LogP contribution >= 0.6 is 0 Å². The van der Waals surface area contributed by atoms with Crippen LogP contribution in [0.5, 0.6) is 5.75 Å². The zero-order valence-electron chi connectivity index (χ0n) is 8.53. The van der Waals surface area contributed by atoms with Crippen LogP contribution in [0.2, 0.25) is 0 Å². The van der Waals surface area contributed by atoms with E-state index in [1.54, 1.807) is 12.1 Å². The Labute approximate surface area is 84.7 Å². The van der Waals surface area contributed by atoms with Gasteiger partial charge < -0.3 is 10.8 Å². The van der Waals surface area contributed by atoms with E-state index in [1.165, 1.54) is 0 Å². The molecular weight excluding hydrogens is 174 g/mol. The summed E-state index contributed by atoms with van der Waals surface area (Å²) in [6.07, 6.45) is 3.17. The summed E-state index contributed by atoms with van der Waals surface area (Å²) in [6.45, 7) is 2.18. The van der Waals surface area contributed by atoms with E-state index in [0.717, 1.165) is 24.8 Å². The minimum Gasteiger partial charge on any atom is -0.508 e. The quantitative estimate of drug-likeness (QED) is 0.768. The van der Waals surface area contributed by atoms with Crippen molar-refractivity contribution in [3.63, 3.8) is 0 Å². The van der Waals surface area contributed by atoms with Gasteiger partial charge in [-0.05, 0) is 36.5 Å². The summed E-state index contributed by atoms with van der Waals surface area (Å²) in [5, 5.41) is 9.31. The molecule has 14 heavy (non-hydrogen) atoms. The summed E-state index contributed by atoms with van der Waals surface area (Å²) < 4.78 is 0. The third-order valence-electron chi connectivity index (χ3n) is 3.22. The summed E-state index contributed by atoms with van der Waals surface area (Å²) in [4.78, 5) is 0. The van der Waals surface area contributed by atoms with Gasteiger partial charge in [-0.2, -0.15) is 0 Å². The van der Waals surface area contributed by atoms with Gasteiger partial charge in [-0.1, -0.05) is 25.5 Å². The topological polar surface area (TPSA) is 46.2 Å². The first-order chi connectivity index (χ1) is 6.64. The van der Waals surface area contributed by atoms with E-state index in [-0.39, 0.29) is 5.54 Å². The fourth-order valence-corrected chi connectivity index (χ4v) is 2.21. The summed E-state index contributed by atoms with van der Waals surface area (Å²) >= 11 is 0. The predicted octanol–water partition coefficient (Wildman–Crippen LogP) is 2.06. The zero-order chi connectivity index (χ0) is 10.2. The first-order valence-electron chi connectivity index (χ1n) is 5.21. The van der Waals surface area contributed by atoms with Crippen LogP contribution in [0.1, 0.15) is 25.3 Å². The van der Waals surface area contributed by atoms with Gasteiger partial charge in [-0.15, -0.1) is 0 Å². The lowest BCUT2D eigenvalue weighted by Crippen LogP contribution is -2.27. The van der Waals surface area contributed by atoms with E-state index in [1.807, 2.05) is 12.1 Å². The molecular formula is C12H17NO. The predicted molar refractivity (Wildman–Crippen MR) is 57.1 cm³/mol. The average Bonchev–Trinajstić information content (AvgIpc) is 2.76. The highest BCUT2D eigenvalue weighted by molar-refractivity contribution is 5.30. The molecule has 2 atom stereocenters. The number of phenolic OH excluding ortho intramolecular Hbond substituents is 1. The minimum atomic E-state index is 0.00252. The fourth-order valence-electron chi connectivity index (χ4n) is 2.21. The Morgan fingerprint density at radius 1 is 1.57 bits per heavy atom. The summed E-state index contributed by atoms with van der Waals surface area (Å²) in [7, 11) is 0. The molecule has 1 aliphatic rings. The second-order valence-corrected chi connectivity index (χ2v) is 4.39. The van der Waals surface area contributed by atoms with Gasteiger partial charge >= 0.3 is 0 Å². The van der Waals surface area contributed by atoms with E-state index < -0.39 is 0 Å². The third kappa shape index (κ3) is 1.75. The molecule has 0 heterocycles. The molecule has 0 bridgehead atoms. The molecule has 1 fully saturated rings. The Morgan fingerprint density at radius 3 is 2.93 bits per heavy atom. The Bertz CT molecular complexity index is 337. The lowest BCUT2D eigenvalue weighted by atomic mass is 10.0. The maximum Gasteiger partial charge on any atom is 0.115 e. The number of hydrogen-bond acceptors (Lipinski definition) is 2. The Hall–Kier alpha value is -1.02. The highest BCUT2D eigenvalue weighted by Gasteiger charge is 2.48. The van der Waals surface area contributed by atoms with Crippen molar-refractivity contribution >= 4 is 0 Å². The number of rotatable bonds is 3. The molecule has 1 saturated carbocycles. The summed E-state index contributed by atoms with van der Waals surface area (Å²) in [5.74, 6) is 1.00. The highest BCUT2D eigenvalue weighted by Crippen LogP contribution is 2.45. The van der Waals surface area contributed by atoms with Crippen molar-refractivity contribution in [2.24, 2.45) is 11.7 Å². The summed E-state index contributed by atoms with van der Waals surface area (Å²) in [5.41, 5.74) is 7.35. The smallest absolute Gasteiger partial charge is 0.115 e. The number of hydrogen-bond donors (Lipinski definition) is 2. The lowest BCUT2D eigenvalue weighted by molar-refractivity contribution is 0.473. The fraction of sp³-hybridized carbons (Fsp3) is 0.500. The molecule has 2 rings (SSSR count). The molecule has 76 valence electrons. The van der Waals surface area contributed by atoms with Crippen molar-refractivity contribution in [1.29, 1.82) is 0 Å². The lowest BCUT2D eigenvalue weighted by Gasteiger charge is -2.10. The second kappa shape index (κ2) is 3.28. The van der Waals surface area contributed by atoms with Crippen LogP contribution in [-0.2, 0) is 6.42 Å². The number of nitrogens with two attached hydrogens (primary N) is 1. The standard InChI is InChI=1S/C12H17NO/c1-2-10-8-12(10,13)7-9-4-3-5-11(14)6-9/h3-6,10,14H,2,7-8,13H2,1H3. The summed E-state index contributed by atoms with van der Waals surface area (Å²) in [6, 6.07) is 7.40. The van der Waals surface area contributed by atoms with Gasteiger partial charge in [-0.25, -0.2) is 0 Å². The van der Waals surface area contributed by atoms with E-state index in [2.05, 4.69) is 6.92 Å². The zero-order valence-corrected chi connectivity index (χ0v) is 8.53. The van der Waals surface area contributed by atoms with Gasteiger partial charge in [0.2, 0.25) is 0 Å². The van der Waals surface area contributed by atoms with Gasteiger partial charge in [0.15, 0.2) is 0 Å². The maximum absolute atomic E-state index is 9.31. The molecule has 2 nitrogen and oxygen atoms in total. The van der Waals surface area contributed by atoms with Gasteiger partial charge in [0.1, 0.15) is 5.75 Å². The first-order valence-corrected chi connectivity index (χ1v) is 5.21. The molecule has 0 saturated heterocycles. The highest BCUT2D eigenvalue weighted by atomic mass is 16.3. The van der Waals surface area contributed by atoms with E-state index in [4.69, 9.17) is 5.73 Å². The third-order valence-corrected chi connectivity index (χ3v) is 3.22. The normalized spacial score (nSPS) is 30.3. The van der Waals surface area contributed by atoms with Crippen molar-refractivity contribution in [3.05, 3.63) is 29.8 Å². The molecule has 0 aromatic heterocycles. The molecule has 2 unspecified atom stereocenters. The van der Waals surface area contributed by atoms with Gasteiger partial charge in [0.25, 0.3) is 0 Å². The molecule has 0 amide bonds. The molecule has 1 aliphatic carbocycles. The van der Waals surface area contributed by atoms with Crippen LogP contribution in [0.15, 0.2) is 24.3 Å². The molecule has 1 aromatic rings. The molecule has 0 aliphatic heterocycles. The molecule has 0 spiro atoms. The Balaban J connectivity index is 2.05. The second-order valence-electron chi connectivity index (χ2n) is 4.39.